The predicted octanol–water partition coefficient (Wildman–Crippen LogP) is 1.81. The van der Waals surface area contributed by atoms with E-state index in [4.69, 9.17) is 0 Å². The van der Waals surface area contributed by atoms with E-state index in [0.717, 1.165) is 29.8 Å². The molecule has 1 unspecified atom stereocenters. The molecule has 0 bridgehead atoms. The monoisotopic (exact) mass is 324 g/mol. The Balaban J connectivity index is 1.69. The topological polar surface area (TPSA) is 76.0 Å². The average Bonchev–Trinajstić information content (AvgIpc) is 3.25. The molecule has 6 heteroatoms. The Morgan fingerprint density at radius 2 is 2.17 bits per heavy atom. The van der Waals surface area contributed by atoms with Crippen molar-refractivity contribution in [1.29, 1.82) is 0 Å². The maximum atomic E-state index is 12.2. The summed E-state index contributed by atoms with van der Waals surface area (Å²) in [6.07, 6.45) is 4.08. The fraction of sp³-hybridized carbons (Fsp3) is 0.389. The molecule has 1 aromatic carbocycles. The van der Waals surface area contributed by atoms with E-state index in [2.05, 4.69) is 15.6 Å². The van der Waals surface area contributed by atoms with Gasteiger partial charge >= 0.3 is 0 Å². The van der Waals surface area contributed by atoms with E-state index in [1.165, 1.54) is 0 Å². The van der Waals surface area contributed by atoms with Gasteiger partial charge in [0.25, 0.3) is 5.91 Å². The van der Waals surface area contributed by atoms with Gasteiger partial charge in [-0.3, -0.25) is 9.59 Å². The summed E-state index contributed by atoms with van der Waals surface area (Å²) in [7, 11) is 0. The number of nitrogens with one attached hydrogen (secondary N) is 2. The molecule has 0 saturated heterocycles. The van der Waals surface area contributed by atoms with Crippen molar-refractivity contribution in [2.75, 3.05) is 6.54 Å². The number of nitrogens with zero attached hydrogens (tertiary/aromatic N) is 2. The van der Waals surface area contributed by atoms with Crippen molar-refractivity contribution in [3.8, 4) is 11.4 Å². The maximum absolute atomic E-state index is 12.2. The molecule has 0 spiro atoms. The Morgan fingerprint density at radius 1 is 1.38 bits per heavy atom. The van der Waals surface area contributed by atoms with Gasteiger partial charge in [0.1, 0.15) is 11.5 Å². The molecule has 2 amide bonds. The lowest BCUT2D eigenvalue weighted by atomic mass is 10.1. The summed E-state index contributed by atoms with van der Waals surface area (Å²) >= 11 is 0. The first-order valence-corrected chi connectivity index (χ1v) is 8.34. The number of fused-ring (bicyclic) bond motifs is 1. The molecule has 1 saturated carbocycles. The first kappa shape index (κ1) is 14.9. The van der Waals surface area contributed by atoms with Gasteiger partial charge in [-0.15, -0.1) is 0 Å². The second kappa shape index (κ2) is 5.78. The minimum atomic E-state index is -0.138. The Bertz CT molecular complexity index is 807. The Labute approximate surface area is 140 Å². The number of aromatic nitrogens is 2. The second-order valence-electron chi connectivity index (χ2n) is 6.56. The van der Waals surface area contributed by atoms with Gasteiger partial charge in [-0.1, -0.05) is 24.3 Å². The lowest BCUT2D eigenvalue weighted by Crippen LogP contribution is -2.41. The minimum Gasteiger partial charge on any atom is -0.353 e. The van der Waals surface area contributed by atoms with Gasteiger partial charge in [0.15, 0.2) is 0 Å². The molecule has 6 nitrogen and oxygen atoms in total. The van der Waals surface area contributed by atoms with Gasteiger partial charge in [-0.2, -0.15) is 0 Å². The zero-order valence-electron chi connectivity index (χ0n) is 13.6. The number of aryl methyl sites for hydroxylation is 1. The van der Waals surface area contributed by atoms with Crippen LogP contribution >= 0.6 is 0 Å². The Hall–Kier alpha value is -2.63. The van der Waals surface area contributed by atoms with Crippen molar-refractivity contribution in [3.05, 3.63) is 41.7 Å². The number of amides is 2. The molecular weight excluding hydrogens is 304 g/mol. The number of hydrogen-bond donors (Lipinski definition) is 2. The number of imidazole rings is 1. The van der Waals surface area contributed by atoms with Crippen molar-refractivity contribution in [1.82, 2.24) is 20.2 Å². The normalized spacial score (nSPS) is 19.5. The summed E-state index contributed by atoms with van der Waals surface area (Å²) in [5.41, 5.74) is 2.60. The van der Waals surface area contributed by atoms with Gasteiger partial charge in [0.2, 0.25) is 5.91 Å². The van der Waals surface area contributed by atoms with E-state index >= 15 is 0 Å². The number of carbonyl (C=O) groups is 2. The zero-order chi connectivity index (χ0) is 16.7. The molecule has 2 aromatic rings. The van der Waals surface area contributed by atoms with E-state index < -0.39 is 0 Å². The standard InChI is InChI=1S/C18H20N4O2/c1-11-4-2-3-5-14(11)17-19-10-15-18(24)20-9-13(22(15)17)8-16(23)21-12-6-7-12/h2-5,10,12-13H,6-9H2,1H3,(H,20,24)(H,21,23). The summed E-state index contributed by atoms with van der Waals surface area (Å²) in [5.74, 6) is 0.650. The van der Waals surface area contributed by atoms with Gasteiger partial charge in [0.05, 0.1) is 12.2 Å². The fourth-order valence-electron chi connectivity index (χ4n) is 3.21. The van der Waals surface area contributed by atoms with E-state index in [0.29, 0.717) is 24.7 Å². The Morgan fingerprint density at radius 3 is 2.92 bits per heavy atom. The van der Waals surface area contributed by atoms with Crippen molar-refractivity contribution in [2.45, 2.75) is 38.3 Å². The Kier molecular flexibility index (Phi) is 3.59. The SMILES string of the molecule is Cc1ccccc1-c1ncc2n1C(CC(=O)NC1CC1)CNC2=O. The molecule has 1 fully saturated rings. The molecule has 124 valence electrons. The van der Waals surface area contributed by atoms with Crippen LogP contribution in [-0.4, -0.2) is 34.0 Å². The van der Waals surface area contributed by atoms with Crippen LogP contribution < -0.4 is 10.6 Å². The maximum Gasteiger partial charge on any atom is 0.269 e. The molecule has 2 heterocycles. The molecule has 24 heavy (non-hydrogen) atoms. The summed E-state index contributed by atoms with van der Waals surface area (Å²) in [6, 6.07) is 8.18. The molecule has 0 radical (unpaired) electrons. The molecule has 1 aliphatic heterocycles. The van der Waals surface area contributed by atoms with Crippen molar-refractivity contribution >= 4 is 11.8 Å². The van der Waals surface area contributed by atoms with Crippen LogP contribution in [-0.2, 0) is 4.79 Å². The van der Waals surface area contributed by atoms with Crippen LogP contribution in [0.2, 0.25) is 0 Å². The van der Waals surface area contributed by atoms with Gasteiger partial charge in [-0.05, 0) is 25.3 Å². The summed E-state index contributed by atoms with van der Waals surface area (Å²) in [4.78, 5) is 28.9. The van der Waals surface area contributed by atoms with Gasteiger partial charge < -0.3 is 15.2 Å². The highest BCUT2D eigenvalue weighted by atomic mass is 16.2. The highest BCUT2D eigenvalue weighted by Crippen LogP contribution is 2.30. The highest BCUT2D eigenvalue weighted by Gasteiger charge is 2.31. The van der Waals surface area contributed by atoms with E-state index in [1.54, 1.807) is 6.20 Å². The highest BCUT2D eigenvalue weighted by molar-refractivity contribution is 5.94. The third-order valence-electron chi connectivity index (χ3n) is 4.64. The molecule has 2 aliphatic rings. The minimum absolute atomic E-state index is 0.0361. The molecule has 1 aromatic heterocycles. The van der Waals surface area contributed by atoms with Crippen LogP contribution in [0.4, 0.5) is 0 Å². The summed E-state index contributed by atoms with van der Waals surface area (Å²) in [5, 5.41) is 5.88. The van der Waals surface area contributed by atoms with Crippen LogP contribution in [0.1, 0.15) is 41.4 Å². The fourth-order valence-corrected chi connectivity index (χ4v) is 3.21. The number of carbonyl (C=O) groups excluding carboxylic acids is 2. The van der Waals surface area contributed by atoms with Crippen molar-refractivity contribution in [2.24, 2.45) is 0 Å². The molecule has 2 N–H and O–H groups in total. The van der Waals surface area contributed by atoms with E-state index in [9.17, 15) is 9.59 Å². The van der Waals surface area contributed by atoms with Crippen LogP contribution in [0.5, 0.6) is 0 Å². The van der Waals surface area contributed by atoms with Crippen LogP contribution in [0.3, 0.4) is 0 Å². The van der Waals surface area contributed by atoms with E-state index in [-0.39, 0.29) is 17.9 Å². The number of benzene rings is 1. The predicted molar refractivity (Wildman–Crippen MR) is 89.6 cm³/mol. The second-order valence-corrected chi connectivity index (χ2v) is 6.56. The summed E-state index contributed by atoms with van der Waals surface area (Å²) < 4.78 is 1.92. The lowest BCUT2D eigenvalue weighted by molar-refractivity contribution is -0.122. The molecule has 1 aliphatic carbocycles. The third kappa shape index (κ3) is 2.68. The quantitative estimate of drug-likeness (QED) is 0.900. The molecule has 1 atom stereocenters. The average molecular weight is 324 g/mol. The number of rotatable bonds is 4. The van der Waals surface area contributed by atoms with Crippen LogP contribution in [0, 0.1) is 6.92 Å². The number of hydrogen-bond acceptors (Lipinski definition) is 3. The van der Waals surface area contributed by atoms with Gasteiger partial charge in [-0.25, -0.2) is 4.98 Å². The van der Waals surface area contributed by atoms with Crippen LogP contribution in [0.25, 0.3) is 11.4 Å². The van der Waals surface area contributed by atoms with Crippen molar-refractivity contribution in [3.63, 3.8) is 0 Å². The van der Waals surface area contributed by atoms with Crippen LogP contribution in [0.15, 0.2) is 30.5 Å². The van der Waals surface area contributed by atoms with Crippen molar-refractivity contribution < 1.29 is 9.59 Å². The smallest absolute Gasteiger partial charge is 0.269 e. The van der Waals surface area contributed by atoms with Gasteiger partial charge in [0, 0.05) is 24.6 Å². The molecule has 4 rings (SSSR count). The third-order valence-corrected chi connectivity index (χ3v) is 4.64. The lowest BCUT2D eigenvalue weighted by Gasteiger charge is -2.27. The summed E-state index contributed by atoms with van der Waals surface area (Å²) in [6.45, 7) is 2.47. The first-order chi connectivity index (χ1) is 11.6. The first-order valence-electron chi connectivity index (χ1n) is 8.34. The zero-order valence-corrected chi connectivity index (χ0v) is 13.6. The largest absolute Gasteiger partial charge is 0.353 e. The molecular formula is C18H20N4O2. The van der Waals surface area contributed by atoms with E-state index in [1.807, 2.05) is 35.8 Å².